The van der Waals surface area contributed by atoms with Crippen molar-refractivity contribution < 1.29 is 20.4 Å². The fourth-order valence-corrected chi connectivity index (χ4v) is 6.74. The molecule has 4 atom stereocenters. The first-order valence-electron chi connectivity index (χ1n) is 13.1. The van der Waals surface area contributed by atoms with Gasteiger partial charge in [-0.05, 0) is 90.6 Å². The number of piperidine rings is 1. The molecular weight excluding hydrogens is 440 g/mol. The summed E-state index contributed by atoms with van der Waals surface area (Å²) in [5.74, 6) is 4.69. The van der Waals surface area contributed by atoms with Gasteiger partial charge in [-0.2, -0.15) is 0 Å². The van der Waals surface area contributed by atoms with Crippen molar-refractivity contribution in [1.29, 1.82) is 0 Å². The van der Waals surface area contributed by atoms with E-state index in [1.165, 1.54) is 41.6 Å². The molecule has 0 spiro atoms. The van der Waals surface area contributed by atoms with E-state index in [0.29, 0.717) is 23.9 Å². The maximum Gasteiger partial charge on any atom is 1.00 e. The Hall–Kier alpha value is -2.44. The molecule has 1 fully saturated rings. The second-order valence-electron chi connectivity index (χ2n) is 10.2. The molecule has 5 rings (SSSR count). The van der Waals surface area contributed by atoms with E-state index in [2.05, 4.69) is 41.4 Å². The van der Waals surface area contributed by atoms with Crippen LogP contribution < -0.4 is 24.3 Å². The lowest BCUT2D eigenvalue weighted by Crippen LogP contribution is -2.46. The van der Waals surface area contributed by atoms with Crippen molar-refractivity contribution in [3.8, 4) is 23.0 Å². The van der Waals surface area contributed by atoms with E-state index >= 15 is 0 Å². The molecule has 6 nitrogen and oxygen atoms in total. The molecule has 3 aliphatic heterocycles. The highest BCUT2D eigenvalue weighted by atomic mass is 16.5. The van der Waals surface area contributed by atoms with Gasteiger partial charge in [-0.3, -0.25) is 4.90 Å². The molecule has 0 saturated carbocycles. The van der Waals surface area contributed by atoms with Gasteiger partial charge < -0.3 is 24.3 Å². The first-order valence-corrected chi connectivity index (χ1v) is 13.1. The molecule has 2 aromatic carbocycles. The van der Waals surface area contributed by atoms with Gasteiger partial charge in [0.2, 0.25) is 0 Å². The molecule has 35 heavy (non-hydrogen) atoms. The SMILES string of the molecule is CC[C@H]1CN2CCc3cc(OC)c(OC)cc3[C@@H]2C[C@@H]1C[C@H]1NCCc2cc(OC)c(OC)cc21.[H+]. The maximum atomic E-state index is 5.68. The standard InChI is InChI=1S/C29H40N2O4/c1-6-18-17-31-10-8-20-14-27(33-3)29(35-5)16-23(20)25(31)12-21(18)11-24-22-15-28(34-4)26(32-2)13-19(22)7-9-30-24/h13-16,18,21,24-25,30H,6-12,17H2,1-5H3/p+1/t18-,21-,24+,25-/m0/s1. The largest absolute Gasteiger partial charge is 1.00 e. The summed E-state index contributed by atoms with van der Waals surface area (Å²) in [5.41, 5.74) is 5.60. The number of hydrogen-bond acceptors (Lipinski definition) is 6. The number of nitrogens with one attached hydrogen (secondary N) is 1. The van der Waals surface area contributed by atoms with Crippen LogP contribution in [0.15, 0.2) is 24.3 Å². The second kappa shape index (κ2) is 10.3. The first-order chi connectivity index (χ1) is 17.1. The molecule has 1 saturated heterocycles. The summed E-state index contributed by atoms with van der Waals surface area (Å²) in [4.78, 5) is 2.72. The van der Waals surface area contributed by atoms with Crippen molar-refractivity contribution in [3.63, 3.8) is 0 Å². The van der Waals surface area contributed by atoms with Gasteiger partial charge in [-0.25, -0.2) is 0 Å². The fourth-order valence-electron chi connectivity index (χ4n) is 6.74. The lowest BCUT2D eigenvalue weighted by atomic mass is 9.72. The summed E-state index contributed by atoms with van der Waals surface area (Å²) in [6.07, 6.45) is 5.65. The van der Waals surface area contributed by atoms with Gasteiger partial charge in [0.25, 0.3) is 0 Å². The van der Waals surface area contributed by atoms with Crippen LogP contribution in [0.25, 0.3) is 0 Å². The fraction of sp³-hybridized carbons (Fsp3) is 0.586. The van der Waals surface area contributed by atoms with E-state index in [4.69, 9.17) is 18.9 Å². The molecule has 6 heteroatoms. The van der Waals surface area contributed by atoms with Crippen molar-refractivity contribution in [1.82, 2.24) is 10.2 Å². The van der Waals surface area contributed by atoms with Crippen LogP contribution in [0.5, 0.6) is 23.0 Å². The van der Waals surface area contributed by atoms with Gasteiger partial charge in [0.05, 0.1) is 28.4 Å². The maximum absolute atomic E-state index is 5.68. The Morgan fingerprint density at radius 3 is 2.06 bits per heavy atom. The molecule has 3 aliphatic rings. The zero-order chi connectivity index (χ0) is 24.5. The molecule has 0 unspecified atom stereocenters. The van der Waals surface area contributed by atoms with Crippen molar-refractivity contribution in [2.24, 2.45) is 11.8 Å². The number of hydrogen-bond donors (Lipinski definition) is 1. The predicted molar refractivity (Wildman–Crippen MR) is 139 cm³/mol. The molecule has 0 radical (unpaired) electrons. The summed E-state index contributed by atoms with van der Waals surface area (Å²) in [6.45, 7) is 5.66. The van der Waals surface area contributed by atoms with Crippen LogP contribution in [0.4, 0.5) is 0 Å². The number of rotatable bonds is 7. The highest BCUT2D eigenvalue weighted by molar-refractivity contribution is 5.50. The summed E-state index contributed by atoms with van der Waals surface area (Å²) in [5, 5.41) is 3.83. The molecule has 2 aromatic rings. The Labute approximate surface area is 211 Å². The lowest BCUT2D eigenvalue weighted by molar-refractivity contribution is 0.0434. The van der Waals surface area contributed by atoms with Crippen LogP contribution >= 0.6 is 0 Å². The molecule has 0 aliphatic carbocycles. The third-order valence-corrected chi connectivity index (χ3v) is 8.64. The van der Waals surface area contributed by atoms with Crippen LogP contribution in [-0.2, 0) is 12.8 Å². The summed E-state index contributed by atoms with van der Waals surface area (Å²) < 4.78 is 22.5. The topological polar surface area (TPSA) is 52.2 Å². The van der Waals surface area contributed by atoms with Crippen molar-refractivity contribution in [3.05, 3.63) is 46.5 Å². The quantitative estimate of drug-likeness (QED) is 0.597. The number of methoxy groups -OCH3 is 4. The van der Waals surface area contributed by atoms with Crippen LogP contribution in [0.2, 0.25) is 0 Å². The molecule has 3 heterocycles. The third kappa shape index (κ3) is 4.47. The van der Waals surface area contributed by atoms with Crippen LogP contribution in [0.3, 0.4) is 0 Å². The van der Waals surface area contributed by atoms with E-state index in [-0.39, 0.29) is 1.43 Å². The summed E-state index contributed by atoms with van der Waals surface area (Å²) >= 11 is 0. The monoisotopic (exact) mass is 481 g/mol. The van der Waals surface area contributed by atoms with Gasteiger partial charge in [0.15, 0.2) is 23.0 Å². The third-order valence-electron chi connectivity index (χ3n) is 8.64. The van der Waals surface area contributed by atoms with Gasteiger partial charge in [0.1, 0.15) is 0 Å². The normalized spacial score (nSPS) is 25.7. The highest BCUT2D eigenvalue weighted by Gasteiger charge is 2.40. The molecule has 190 valence electrons. The van der Waals surface area contributed by atoms with Crippen LogP contribution in [0, 0.1) is 11.8 Å². The van der Waals surface area contributed by atoms with E-state index in [0.717, 1.165) is 55.4 Å². The predicted octanol–water partition coefficient (Wildman–Crippen LogP) is 5.06. The molecule has 1 N–H and O–H groups in total. The van der Waals surface area contributed by atoms with Crippen LogP contribution in [-0.4, -0.2) is 53.0 Å². The zero-order valence-corrected chi connectivity index (χ0v) is 21.9. The number of ether oxygens (including phenoxy) is 4. The Balaban J connectivity index is 0.00000304. The molecule has 0 aromatic heterocycles. The first kappa shape index (κ1) is 24.3. The Morgan fingerprint density at radius 1 is 0.829 bits per heavy atom. The van der Waals surface area contributed by atoms with Crippen molar-refractivity contribution >= 4 is 0 Å². The van der Waals surface area contributed by atoms with Crippen molar-refractivity contribution in [2.45, 2.75) is 51.1 Å². The van der Waals surface area contributed by atoms with E-state index in [1.54, 1.807) is 28.4 Å². The molecule has 0 bridgehead atoms. The Kier molecular flexibility index (Phi) is 7.12. The van der Waals surface area contributed by atoms with E-state index < -0.39 is 0 Å². The van der Waals surface area contributed by atoms with E-state index in [9.17, 15) is 0 Å². The smallest absolute Gasteiger partial charge is 0.493 e. The summed E-state index contributed by atoms with van der Waals surface area (Å²) in [6, 6.07) is 9.61. The minimum absolute atomic E-state index is 0. The van der Waals surface area contributed by atoms with Gasteiger partial charge in [-0.1, -0.05) is 13.3 Å². The van der Waals surface area contributed by atoms with Gasteiger partial charge in [0, 0.05) is 25.2 Å². The van der Waals surface area contributed by atoms with Crippen LogP contribution in [0.1, 0.15) is 62.0 Å². The second-order valence-corrected chi connectivity index (χ2v) is 10.2. The minimum atomic E-state index is 0. The minimum Gasteiger partial charge on any atom is -0.493 e. The van der Waals surface area contributed by atoms with E-state index in [1.807, 2.05) is 0 Å². The molecular formula is C29H41N2O4+. The molecule has 0 amide bonds. The number of fused-ring (bicyclic) bond motifs is 4. The number of nitrogens with zero attached hydrogens (tertiary/aromatic N) is 1. The average Bonchev–Trinajstić information content (AvgIpc) is 2.91. The Bertz CT molecular complexity index is 1060. The number of benzene rings is 2. The van der Waals surface area contributed by atoms with Gasteiger partial charge >= 0.3 is 1.43 Å². The Morgan fingerprint density at radius 2 is 1.43 bits per heavy atom. The average molecular weight is 482 g/mol. The highest BCUT2D eigenvalue weighted by Crippen LogP contribution is 2.48. The van der Waals surface area contributed by atoms with Gasteiger partial charge in [-0.15, -0.1) is 0 Å². The summed E-state index contributed by atoms with van der Waals surface area (Å²) in [7, 11) is 6.90. The lowest BCUT2D eigenvalue weighted by Gasteiger charge is -2.48. The van der Waals surface area contributed by atoms with Crippen molar-refractivity contribution in [2.75, 3.05) is 48.1 Å². The zero-order valence-electron chi connectivity index (χ0n) is 22.9.